The topological polar surface area (TPSA) is 60.3 Å². The number of aromatic nitrogens is 1. The average molecular weight is 346 g/mol. The van der Waals surface area contributed by atoms with Gasteiger partial charge in [0.1, 0.15) is 0 Å². The molecule has 0 unspecified atom stereocenters. The van der Waals surface area contributed by atoms with Crippen LogP contribution in [0.25, 0.3) is 0 Å². The number of rotatable bonds is 7. The second-order valence-corrected chi connectivity index (χ2v) is 6.56. The van der Waals surface area contributed by atoms with Gasteiger partial charge in [-0.25, -0.2) is 4.79 Å². The van der Waals surface area contributed by atoms with Crippen LogP contribution in [-0.2, 0) is 16.1 Å². The Morgan fingerprint density at radius 3 is 2.83 bits per heavy atom. The zero-order valence-corrected chi connectivity index (χ0v) is 15.0. The first-order chi connectivity index (χ1) is 11.4. The quantitative estimate of drug-likeness (QED) is 0.619. The number of carbonyl (C=O) groups is 2. The van der Waals surface area contributed by atoms with Gasteiger partial charge in [-0.1, -0.05) is 12.1 Å². The van der Waals surface area contributed by atoms with Gasteiger partial charge in [0, 0.05) is 22.8 Å². The van der Waals surface area contributed by atoms with Crippen LogP contribution in [0, 0.1) is 13.8 Å². The van der Waals surface area contributed by atoms with E-state index in [0.717, 1.165) is 17.9 Å². The van der Waals surface area contributed by atoms with Crippen LogP contribution in [0.3, 0.4) is 0 Å². The Balaban J connectivity index is 2.10. The van der Waals surface area contributed by atoms with Gasteiger partial charge in [0.15, 0.2) is 6.10 Å². The molecule has 0 saturated heterocycles. The molecule has 5 nitrogen and oxygen atoms in total. The van der Waals surface area contributed by atoms with Crippen molar-refractivity contribution in [2.24, 2.45) is 0 Å². The number of esters is 1. The zero-order chi connectivity index (χ0) is 17.7. The molecule has 0 aromatic carbocycles. The van der Waals surface area contributed by atoms with Crippen LogP contribution in [0.2, 0.25) is 0 Å². The first-order valence-corrected chi connectivity index (χ1v) is 8.60. The van der Waals surface area contributed by atoms with E-state index in [2.05, 4.69) is 22.5 Å². The lowest BCUT2D eigenvalue weighted by molar-refractivity contribution is -0.128. The van der Waals surface area contributed by atoms with Gasteiger partial charge in [-0.05, 0) is 38.3 Å². The Kier molecular flexibility index (Phi) is 5.98. The maximum atomic E-state index is 12.4. The summed E-state index contributed by atoms with van der Waals surface area (Å²) in [7, 11) is 0. The van der Waals surface area contributed by atoms with Crippen molar-refractivity contribution in [1.82, 2.24) is 9.88 Å². The van der Waals surface area contributed by atoms with E-state index >= 15 is 0 Å². The molecule has 2 aromatic heterocycles. The van der Waals surface area contributed by atoms with E-state index in [-0.39, 0.29) is 5.91 Å². The van der Waals surface area contributed by atoms with Crippen molar-refractivity contribution in [2.45, 2.75) is 33.4 Å². The van der Waals surface area contributed by atoms with Gasteiger partial charge in [-0.15, -0.1) is 17.9 Å². The van der Waals surface area contributed by atoms with Gasteiger partial charge in [0.25, 0.3) is 5.91 Å². The second kappa shape index (κ2) is 7.97. The summed E-state index contributed by atoms with van der Waals surface area (Å²) in [6.45, 7) is 10.00. The molecule has 0 fully saturated rings. The molecule has 1 atom stereocenters. The third-order valence-corrected chi connectivity index (χ3v) is 4.62. The molecule has 0 saturated carbocycles. The van der Waals surface area contributed by atoms with Crippen molar-refractivity contribution in [1.29, 1.82) is 0 Å². The lowest BCUT2D eigenvalue weighted by Gasteiger charge is -2.13. The normalized spacial score (nSPS) is 11.8. The fraction of sp³-hybridized carbons (Fsp3) is 0.333. The van der Waals surface area contributed by atoms with Crippen LogP contribution in [0.15, 0.2) is 36.2 Å². The molecule has 2 aromatic rings. The Morgan fingerprint density at radius 1 is 1.46 bits per heavy atom. The summed E-state index contributed by atoms with van der Waals surface area (Å²) >= 11 is 1.68. The van der Waals surface area contributed by atoms with E-state index in [9.17, 15) is 9.59 Å². The van der Waals surface area contributed by atoms with Crippen LogP contribution in [0.4, 0.5) is 0 Å². The molecule has 0 radical (unpaired) electrons. The third-order valence-electron chi connectivity index (χ3n) is 3.76. The fourth-order valence-corrected chi connectivity index (χ4v) is 3.10. The van der Waals surface area contributed by atoms with Crippen molar-refractivity contribution in [3.63, 3.8) is 0 Å². The molecule has 6 heteroatoms. The summed E-state index contributed by atoms with van der Waals surface area (Å²) in [4.78, 5) is 25.4. The highest BCUT2D eigenvalue weighted by Crippen LogP contribution is 2.20. The molecule has 128 valence electrons. The number of ether oxygens (including phenoxy) is 1. The summed E-state index contributed by atoms with van der Waals surface area (Å²) in [6, 6.07) is 5.88. The SMILES string of the molecule is C=CCNC(=O)[C@H](C)OC(=O)c1cc(C)n(Cc2cccs2)c1C. The molecule has 0 bridgehead atoms. The smallest absolute Gasteiger partial charge is 0.340 e. The van der Waals surface area contributed by atoms with Crippen LogP contribution in [0.1, 0.15) is 33.5 Å². The minimum absolute atomic E-state index is 0.337. The molecule has 0 spiro atoms. The molecular weight excluding hydrogens is 324 g/mol. The highest BCUT2D eigenvalue weighted by Gasteiger charge is 2.22. The highest BCUT2D eigenvalue weighted by atomic mass is 32.1. The monoisotopic (exact) mass is 346 g/mol. The number of thiophene rings is 1. The maximum Gasteiger partial charge on any atom is 0.340 e. The molecule has 0 aliphatic heterocycles. The van der Waals surface area contributed by atoms with E-state index in [1.54, 1.807) is 30.4 Å². The Morgan fingerprint density at radius 2 is 2.21 bits per heavy atom. The number of aryl methyl sites for hydroxylation is 1. The van der Waals surface area contributed by atoms with E-state index < -0.39 is 12.1 Å². The summed E-state index contributed by atoms with van der Waals surface area (Å²) < 4.78 is 7.36. The van der Waals surface area contributed by atoms with Crippen LogP contribution < -0.4 is 5.32 Å². The van der Waals surface area contributed by atoms with E-state index in [1.807, 2.05) is 25.3 Å². The predicted octanol–water partition coefficient (Wildman–Crippen LogP) is 3.06. The number of nitrogens with zero attached hydrogens (tertiary/aromatic N) is 1. The molecule has 1 N–H and O–H groups in total. The molecule has 0 aliphatic carbocycles. The average Bonchev–Trinajstić information content (AvgIpc) is 3.16. The third kappa shape index (κ3) is 4.14. The Hall–Kier alpha value is -2.34. The van der Waals surface area contributed by atoms with Crippen LogP contribution in [-0.4, -0.2) is 29.1 Å². The van der Waals surface area contributed by atoms with E-state index in [0.29, 0.717) is 12.1 Å². The lowest BCUT2D eigenvalue weighted by Crippen LogP contribution is -2.35. The van der Waals surface area contributed by atoms with Crippen molar-refractivity contribution >= 4 is 23.2 Å². The summed E-state index contributed by atoms with van der Waals surface area (Å²) in [6.07, 6.45) is 0.725. The standard InChI is InChI=1S/C18H22N2O3S/c1-5-8-19-17(21)14(4)23-18(22)16-10-12(2)20(13(16)3)11-15-7-6-9-24-15/h5-7,9-10,14H,1,8,11H2,2-4H3,(H,19,21)/t14-/m0/s1. The minimum Gasteiger partial charge on any atom is -0.449 e. The fourth-order valence-electron chi connectivity index (χ4n) is 2.40. The number of amides is 1. The van der Waals surface area contributed by atoms with E-state index in [1.165, 1.54) is 4.88 Å². The van der Waals surface area contributed by atoms with Gasteiger partial charge in [-0.2, -0.15) is 0 Å². The predicted molar refractivity (Wildman–Crippen MR) is 95.4 cm³/mol. The molecule has 2 heterocycles. The molecule has 0 aliphatic rings. The van der Waals surface area contributed by atoms with Crippen molar-refractivity contribution in [2.75, 3.05) is 6.54 Å². The van der Waals surface area contributed by atoms with Gasteiger partial charge in [-0.3, -0.25) is 4.79 Å². The van der Waals surface area contributed by atoms with Crippen LogP contribution in [0.5, 0.6) is 0 Å². The number of hydrogen-bond donors (Lipinski definition) is 1. The van der Waals surface area contributed by atoms with E-state index in [4.69, 9.17) is 4.74 Å². The summed E-state index contributed by atoms with van der Waals surface area (Å²) in [5.41, 5.74) is 2.31. The maximum absolute atomic E-state index is 12.4. The summed E-state index contributed by atoms with van der Waals surface area (Å²) in [5.74, 6) is -0.822. The first kappa shape index (κ1) is 18.0. The molecule has 2 rings (SSSR count). The molecule has 24 heavy (non-hydrogen) atoms. The van der Waals surface area contributed by atoms with Crippen LogP contribution >= 0.6 is 11.3 Å². The minimum atomic E-state index is -0.849. The molecular formula is C18H22N2O3S. The lowest BCUT2D eigenvalue weighted by atomic mass is 10.2. The Bertz CT molecular complexity index is 732. The van der Waals surface area contributed by atoms with Gasteiger partial charge >= 0.3 is 5.97 Å². The largest absolute Gasteiger partial charge is 0.449 e. The first-order valence-electron chi connectivity index (χ1n) is 7.72. The summed E-state index contributed by atoms with van der Waals surface area (Å²) in [5, 5.41) is 4.64. The Labute approximate surface area is 145 Å². The van der Waals surface area contributed by atoms with Crippen molar-refractivity contribution < 1.29 is 14.3 Å². The van der Waals surface area contributed by atoms with Crippen molar-refractivity contribution in [3.05, 3.63) is 58.1 Å². The number of carbonyl (C=O) groups excluding carboxylic acids is 2. The zero-order valence-electron chi connectivity index (χ0n) is 14.2. The van der Waals surface area contributed by atoms with Gasteiger partial charge in [0.2, 0.25) is 0 Å². The number of hydrogen-bond acceptors (Lipinski definition) is 4. The van der Waals surface area contributed by atoms with Gasteiger partial charge < -0.3 is 14.6 Å². The number of nitrogens with one attached hydrogen (secondary N) is 1. The highest BCUT2D eigenvalue weighted by molar-refractivity contribution is 7.09. The second-order valence-electron chi connectivity index (χ2n) is 5.53. The van der Waals surface area contributed by atoms with Crippen molar-refractivity contribution in [3.8, 4) is 0 Å². The molecule has 1 amide bonds. The van der Waals surface area contributed by atoms with Gasteiger partial charge in [0.05, 0.1) is 12.1 Å².